The smallest absolute Gasteiger partial charge is 0.389 e. The molecule has 2 aliphatic rings. The normalized spacial score (nSPS) is 15.2. The Kier molecular flexibility index (Phi) is 9.62. The highest BCUT2D eigenvalue weighted by Crippen LogP contribution is 2.50. The van der Waals surface area contributed by atoms with Crippen LogP contribution in [-0.2, 0) is 33.8 Å². The number of hydrogen-bond donors (Lipinski definition) is 1. The number of carbonyl (C=O) groups excluding carboxylic acids is 3. The lowest BCUT2D eigenvalue weighted by Crippen LogP contribution is -2.30. The fourth-order valence-electron chi connectivity index (χ4n) is 4.86. The summed E-state index contributed by atoms with van der Waals surface area (Å²) in [4.78, 5) is 38.1. The van der Waals surface area contributed by atoms with Crippen LogP contribution in [0.1, 0.15) is 73.5 Å². The highest BCUT2D eigenvalue weighted by Gasteiger charge is 2.52. The zero-order valence-electron chi connectivity index (χ0n) is 24.7. The maximum atomic E-state index is 12.4. The molecule has 228 valence electrons. The maximum absolute atomic E-state index is 12.4. The van der Waals surface area contributed by atoms with Gasteiger partial charge in [-0.05, 0) is 74.9 Å². The second-order valence-electron chi connectivity index (χ2n) is 12.1. The Hall–Kier alpha value is -4.14. The molecular weight excluding hydrogens is 557 g/mol. The molecule has 0 radical (unpaired) electrons. The van der Waals surface area contributed by atoms with Gasteiger partial charge in [0.1, 0.15) is 5.60 Å². The van der Waals surface area contributed by atoms with Crippen LogP contribution < -0.4 is 5.32 Å². The van der Waals surface area contributed by atoms with E-state index in [4.69, 9.17) is 4.74 Å². The lowest BCUT2D eigenvalue weighted by Gasteiger charge is -2.24. The fourth-order valence-corrected chi connectivity index (χ4v) is 4.86. The Morgan fingerprint density at radius 2 is 1.56 bits per heavy atom. The number of anilines is 1. The second kappa shape index (κ2) is 13.0. The van der Waals surface area contributed by atoms with E-state index in [0.717, 1.165) is 36.1 Å². The largest absolute Gasteiger partial charge is 0.460 e. The molecular formula is C34H37F3N2O4. The van der Waals surface area contributed by atoms with Crippen molar-refractivity contribution in [3.8, 4) is 0 Å². The highest BCUT2D eigenvalue weighted by molar-refractivity contribution is 5.98. The van der Waals surface area contributed by atoms with E-state index in [2.05, 4.69) is 17.4 Å². The Bertz CT molecular complexity index is 1440. The van der Waals surface area contributed by atoms with Gasteiger partial charge >= 0.3 is 12.1 Å². The van der Waals surface area contributed by atoms with Crippen molar-refractivity contribution >= 4 is 23.5 Å². The monoisotopic (exact) mass is 594 g/mol. The number of benzene rings is 3. The number of halogens is 3. The third-order valence-electron chi connectivity index (χ3n) is 7.19. The molecule has 3 aromatic carbocycles. The Morgan fingerprint density at radius 1 is 0.907 bits per heavy atom. The van der Waals surface area contributed by atoms with E-state index in [9.17, 15) is 27.6 Å². The van der Waals surface area contributed by atoms with Crippen molar-refractivity contribution in [2.45, 2.75) is 77.7 Å². The number of hydrogen-bond acceptors (Lipinski definition) is 4. The molecule has 9 heteroatoms. The minimum absolute atomic E-state index is 0.143. The minimum Gasteiger partial charge on any atom is -0.460 e. The first-order valence-corrected chi connectivity index (χ1v) is 14.3. The third-order valence-corrected chi connectivity index (χ3v) is 7.19. The van der Waals surface area contributed by atoms with E-state index in [1.807, 2.05) is 74.2 Å². The van der Waals surface area contributed by atoms with Gasteiger partial charge in [0.2, 0.25) is 5.91 Å². The first kappa shape index (κ1) is 31.8. The van der Waals surface area contributed by atoms with Gasteiger partial charge in [-0.2, -0.15) is 13.2 Å². The second-order valence-corrected chi connectivity index (χ2v) is 12.1. The lowest BCUT2D eigenvalue weighted by molar-refractivity contribution is -0.161. The van der Waals surface area contributed by atoms with E-state index in [-0.39, 0.29) is 11.9 Å². The molecule has 3 aromatic rings. The lowest BCUT2D eigenvalue weighted by atomic mass is 9.96. The van der Waals surface area contributed by atoms with Crippen LogP contribution in [0, 0.1) is 5.41 Å². The van der Waals surface area contributed by atoms with E-state index >= 15 is 0 Å². The molecule has 1 saturated carbocycles. The Morgan fingerprint density at radius 3 is 2.19 bits per heavy atom. The molecule has 0 aromatic heterocycles. The summed E-state index contributed by atoms with van der Waals surface area (Å²) < 4.78 is 42.0. The topological polar surface area (TPSA) is 75.7 Å². The van der Waals surface area contributed by atoms with Crippen molar-refractivity contribution in [2.75, 3.05) is 5.32 Å². The van der Waals surface area contributed by atoms with Crippen LogP contribution in [0.2, 0.25) is 0 Å². The van der Waals surface area contributed by atoms with Crippen molar-refractivity contribution < 1.29 is 32.3 Å². The Balaban J connectivity index is 0.000000213. The predicted molar refractivity (Wildman–Crippen MR) is 158 cm³/mol. The molecule has 43 heavy (non-hydrogen) atoms. The van der Waals surface area contributed by atoms with E-state index in [1.165, 1.54) is 5.56 Å². The average Bonchev–Trinajstić information content (AvgIpc) is 3.65. The highest BCUT2D eigenvalue weighted by atomic mass is 19.4. The van der Waals surface area contributed by atoms with Crippen LogP contribution in [0.15, 0.2) is 78.9 Å². The third kappa shape index (κ3) is 9.43. The van der Waals surface area contributed by atoms with Gasteiger partial charge in [-0.25, -0.2) is 0 Å². The van der Waals surface area contributed by atoms with Gasteiger partial charge in [0.25, 0.3) is 5.91 Å². The summed E-state index contributed by atoms with van der Waals surface area (Å²) in [6.07, 6.45) is -4.16. The predicted octanol–water partition coefficient (Wildman–Crippen LogP) is 7.47. The van der Waals surface area contributed by atoms with E-state index in [0.29, 0.717) is 18.7 Å². The van der Waals surface area contributed by atoms with E-state index < -0.39 is 35.9 Å². The van der Waals surface area contributed by atoms with Crippen LogP contribution in [-0.4, -0.2) is 34.5 Å². The van der Waals surface area contributed by atoms with Gasteiger partial charge in [0.15, 0.2) is 0 Å². The molecule has 0 unspecified atom stereocenters. The number of nitrogens with one attached hydrogen (secondary N) is 1. The molecule has 1 fully saturated rings. The molecule has 5 rings (SSSR count). The zero-order chi connectivity index (χ0) is 31.3. The number of rotatable bonds is 8. The first-order valence-electron chi connectivity index (χ1n) is 14.3. The number of amides is 2. The van der Waals surface area contributed by atoms with Gasteiger partial charge in [0.05, 0.1) is 11.8 Å². The molecule has 1 heterocycles. The van der Waals surface area contributed by atoms with Gasteiger partial charge < -0.3 is 15.0 Å². The fraction of sp³-hybridized carbons (Fsp3) is 0.382. The van der Waals surface area contributed by atoms with Crippen LogP contribution in [0.3, 0.4) is 0 Å². The quantitative estimate of drug-likeness (QED) is 0.275. The van der Waals surface area contributed by atoms with Crippen molar-refractivity contribution in [2.24, 2.45) is 5.41 Å². The average molecular weight is 595 g/mol. The summed E-state index contributed by atoms with van der Waals surface area (Å²) in [5.41, 5.74) is 3.33. The van der Waals surface area contributed by atoms with Crippen LogP contribution in [0.25, 0.3) is 0 Å². The molecule has 1 aliphatic carbocycles. The van der Waals surface area contributed by atoms with Crippen LogP contribution in [0.5, 0.6) is 0 Å². The molecule has 6 nitrogen and oxygen atoms in total. The summed E-state index contributed by atoms with van der Waals surface area (Å²) in [6, 6.07) is 24.8. The summed E-state index contributed by atoms with van der Waals surface area (Å²) in [5.74, 6) is -0.776. The SMILES string of the molecule is CC(C)(C)OC(=O)C1(Cc2cccc(NC(=O)CCC(F)(F)F)c2)CC1.O=C1c2ccccc2CN1Cc1ccccc1. The molecule has 0 saturated heterocycles. The van der Waals surface area contributed by atoms with Gasteiger partial charge in [-0.3, -0.25) is 14.4 Å². The first-order chi connectivity index (χ1) is 20.2. The molecule has 2 amide bonds. The van der Waals surface area contributed by atoms with Crippen molar-refractivity contribution in [3.05, 3.63) is 101 Å². The number of carbonyl (C=O) groups is 3. The molecule has 1 aliphatic heterocycles. The number of nitrogens with zero attached hydrogens (tertiary/aromatic N) is 1. The van der Waals surface area contributed by atoms with E-state index in [1.54, 1.807) is 18.2 Å². The van der Waals surface area contributed by atoms with Gasteiger partial charge in [-0.1, -0.05) is 60.7 Å². The number of fused-ring (bicyclic) bond motifs is 1. The minimum atomic E-state index is -4.36. The van der Waals surface area contributed by atoms with Crippen molar-refractivity contribution in [1.82, 2.24) is 4.90 Å². The Labute approximate surface area is 250 Å². The zero-order valence-corrected chi connectivity index (χ0v) is 24.7. The molecule has 0 atom stereocenters. The number of ether oxygens (including phenoxy) is 1. The molecule has 1 N–H and O–H groups in total. The summed E-state index contributed by atoms with van der Waals surface area (Å²) in [5, 5.41) is 2.47. The summed E-state index contributed by atoms with van der Waals surface area (Å²) in [7, 11) is 0. The van der Waals surface area contributed by atoms with Gasteiger partial charge in [-0.15, -0.1) is 0 Å². The summed E-state index contributed by atoms with van der Waals surface area (Å²) in [6.45, 7) is 6.87. The number of esters is 1. The van der Waals surface area contributed by atoms with Crippen molar-refractivity contribution in [3.63, 3.8) is 0 Å². The maximum Gasteiger partial charge on any atom is 0.389 e. The van der Waals surface area contributed by atoms with Crippen LogP contribution >= 0.6 is 0 Å². The summed E-state index contributed by atoms with van der Waals surface area (Å²) >= 11 is 0. The van der Waals surface area contributed by atoms with Gasteiger partial charge in [0, 0.05) is 30.8 Å². The standard InChI is InChI=1S/C19H24F3NO3.C15H13NO/c1-17(2,3)26-16(25)18(9-10-18)12-13-5-4-6-14(11-13)23-15(24)7-8-19(20,21)22;17-15-14-9-5-4-8-13(14)11-16(15)10-12-6-2-1-3-7-12/h4-6,11H,7-10,12H2,1-3H3,(H,23,24);1-9H,10-11H2. The van der Waals surface area contributed by atoms with Crippen LogP contribution in [0.4, 0.5) is 18.9 Å². The molecule has 0 spiro atoms. The molecule has 0 bridgehead atoms. The van der Waals surface area contributed by atoms with Crippen molar-refractivity contribution in [1.29, 1.82) is 0 Å². The number of alkyl halides is 3.